The van der Waals surface area contributed by atoms with Crippen molar-refractivity contribution in [2.24, 2.45) is 10.1 Å². The monoisotopic (exact) mass is 228 g/mol. The minimum absolute atomic E-state index is 0.313. The van der Waals surface area contributed by atoms with Gasteiger partial charge in [0.25, 0.3) is 10.0 Å². The van der Waals surface area contributed by atoms with E-state index >= 15 is 0 Å². The molecule has 0 atom stereocenters. The van der Waals surface area contributed by atoms with Crippen molar-refractivity contribution in [2.45, 2.75) is 6.92 Å². The number of amides is 1. The largest absolute Gasteiger partial charge is 0.370 e. The van der Waals surface area contributed by atoms with E-state index in [-0.39, 0.29) is 5.91 Å². The highest BCUT2D eigenvalue weighted by Gasteiger charge is 2.09. The van der Waals surface area contributed by atoms with Crippen molar-refractivity contribution in [2.75, 3.05) is 0 Å². The second-order valence-corrected chi connectivity index (χ2v) is 4.08. The molecule has 1 aliphatic heterocycles. The molecule has 2 N–H and O–H groups in total. The van der Waals surface area contributed by atoms with Crippen molar-refractivity contribution in [1.82, 2.24) is 9.97 Å². The number of fused-ring (bicyclic) bond motifs is 1. The zero-order chi connectivity index (χ0) is 11.5. The Balaban J connectivity index is 0.000000245. The molecule has 0 aliphatic carbocycles. The molecule has 1 amide bonds. The van der Waals surface area contributed by atoms with E-state index in [2.05, 4.69) is 20.1 Å². The summed E-state index contributed by atoms with van der Waals surface area (Å²) < 4.78 is 25.0. The van der Waals surface area contributed by atoms with Gasteiger partial charge in [-0.25, -0.2) is 9.97 Å². The summed E-state index contributed by atoms with van der Waals surface area (Å²) in [5, 5.41) is 1.69. The zero-order valence-corrected chi connectivity index (χ0v) is 8.60. The molecule has 0 aromatic carbocycles. The van der Waals surface area contributed by atoms with Gasteiger partial charge in [-0.3, -0.25) is 4.79 Å². The summed E-state index contributed by atoms with van der Waals surface area (Å²) in [7, 11) is -3.41. The van der Waals surface area contributed by atoms with Gasteiger partial charge >= 0.3 is 0 Å². The van der Waals surface area contributed by atoms with Gasteiger partial charge in [0.1, 0.15) is 17.0 Å². The lowest BCUT2D eigenvalue weighted by Crippen LogP contribution is -2.24. The molecule has 2 heterocycles. The SMILES string of the molecule is CC(N)=O.O=S1(=O)C=c2ncncc2=N1. The number of hydrogen-bond acceptors (Lipinski definition) is 5. The van der Waals surface area contributed by atoms with Crippen LogP contribution in [0.15, 0.2) is 16.9 Å². The van der Waals surface area contributed by atoms with Crippen LogP contribution in [0.3, 0.4) is 0 Å². The third-order valence-corrected chi connectivity index (χ3v) is 2.18. The van der Waals surface area contributed by atoms with Crippen LogP contribution in [-0.4, -0.2) is 24.3 Å². The number of primary amides is 1. The maximum absolute atomic E-state index is 10.8. The molecule has 80 valence electrons. The van der Waals surface area contributed by atoms with Crippen LogP contribution in [0.5, 0.6) is 0 Å². The maximum Gasteiger partial charge on any atom is 0.278 e. The third-order valence-electron chi connectivity index (χ3n) is 1.21. The first-order valence-corrected chi connectivity index (χ1v) is 5.30. The summed E-state index contributed by atoms with van der Waals surface area (Å²) in [4.78, 5) is 16.6. The van der Waals surface area contributed by atoms with Crippen LogP contribution in [0.4, 0.5) is 0 Å². The van der Waals surface area contributed by atoms with Gasteiger partial charge in [0.2, 0.25) is 5.91 Å². The number of nitrogens with zero attached hydrogens (tertiary/aromatic N) is 3. The van der Waals surface area contributed by atoms with Crippen LogP contribution in [0.1, 0.15) is 6.92 Å². The molecule has 0 spiro atoms. The molecule has 0 unspecified atom stereocenters. The predicted molar refractivity (Wildman–Crippen MR) is 51.1 cm³/mol. The molecule has 0 fully saturated rings. The highest BCUT2D eigenvalue weighted by atomic mass is 32.2. The Hall–Kier alpha value is -1.83. The first-order chi connectivity index (χ1) is 6.91. The minimum Gasteiger partial charge on any atom is -0.370 e. The van der Waals surface area contributed by atoms with E-state index in [9.17, 15) is 13.2 Å². The second kappa shape index (κ2) is 4.13. The van der Waals surface area contributed by atoms with Crippen LogP contribution in [-0.2, 0) is 14.8 Å². The molecule has 7 nitrogen and oxygen atoms in total. The van der Waals surface area contributed by atoms with Crippen LogP contribution in [0.2, 0.25) is 0 Å². The van der Waals surface area contributed by atoms with Gasteiger partial charge in [-0.1, -0.05) is 0 Å². The van der Waals surface area contributed by atoms with Crippen molar-refractivity contribution in [3.63, 3.8) is 0 Å². The summed E-state index contributed by atoms with van der Waals surface area (Å²) in [6.45, 7) is 1.31. The standard InChI is InChI=1S/C5H3N3O2S.C2H5NO/c9-11(10)2-5-4(8-11)1-6-3-7-5;1-2(3)4/h1-3H;1H3,(H2,3,4). The molecular formula is C7H8N4O3S. The molecule has 8 heteroatoms. The van der Waals surface area contributed by atoms with Crippen molar-refractivity contribution >= 4 is 21.3 Å². The Morgan fingerprint density at radius 1 is 1.47 bits per heavy atom. The fourth-order valence-electron chi connectivity index (χ4n) is 0.797. The molecule has 0 bridgehead atoms. The highest BCUT2D eigenvalue weighted by molar-refractivity contribution is 7.97. The summed E-state index contributed by atoms with van der Waals surface area (Å²) in [6, 6.07) is 0. The predicted octanol–water partition coefficient (Wildman–Crippen LogP) is -2.33. The van der Waals surface area contributed by atoms with Gasteiger partial charge in [0.05, 0.1) is 11.6 Å². The first kappa shape index (κ1) is 11.2. The van der Waals surface area contributed by atoms with Crippen LogP contribution in [0, 0.1) is 0 Å². The van der Waals surface area contributed by atoms with Crippen LogP contribution < -0.4 is 16.4 Å². The first-order valence-electron chi connectivity index (χ1n) is 3.79. The molecule has 15 heavy (non-hydrogen) atoms. The maximum atomic E-state index is 10.8. The van der Waals surface area contributed by atoms with E-state index in [4.69, 9.17) is 0 Å². The van der Waals surface area contributed by atoms with E-state index in [0.717, 1.165) is 5.41 Å². The number of sulfonamides is 1. The average molecular weight is 228 g/mol. The third kappa shape index (κ3) is 3.43. The lowest BCUT2D eigenvalue weighted by atomic mass is 10.5. The van der Waals surface area contributed by atoms with E-state index in [1.807, 2.05) is 0 Å². The van der Waals surface area contributed by atoms with E-state index in [1.54, 1.807) is 0 Å². The molecule has 1 aliphatic rings. The van der Waals surface area contributed by atoms with Gasteiger partial charge < -0.3 is 5.73 Å². The Labute approximate surface area is 85.4 Å². The molecule has 1 aromatic heterocycles. The van der Waals surface area contributed by atoms with E-state index < -0.39 is 10.0 Å². The average Bonchev–Trinajstić information content (AvgIpc) is 2.36. The number of aromatic nitrogens is 2. The lowest BCUT2D eigenvalue weighted by molar-refractivity contribution is -0.115. The summed E-state index contributed by atoms with van der Waals surface area (Å²) in [5.41, 5.74) is 4.47. The molecule has 0 saturated carbocycles. The Morgan fingerprint density at radius 2 is 2.07 bits per heavy atom. The van der Waals surface area contributed by atoms with Crippen molar-refractivity contribution in [3.8, 4) is 0 Å². The molecular weight excluding hydrogens is 220 g/mol. The van der Waals surface area contributed by atoms with Crippen LogP contribution >= 0.6 is 0 Å². The molecule has 1 aromatic rings. The Morgan fingerprint density at radius 3 is 2.60 bits per heavy atom. The summed E-state index contributed by atoms with van der Waals surface area (Å²) >= 11 is 0. The smallest absolute Gasteiger partial charge is 0.278 e. The van der Waals surface area contributed by atoms with E-state index in [0.29, 0.717) is 10.7 Å². The van der Waals surface area contributed by atoms with Crippen LogP contribution in [0.25, 0.3) is 5.41 Å². The highest BCUT2D eigenvalue weighted by Crippen LogP contribution is 1.93. The van der Waals surface area contributed by atoms with E-state index in [1.165, 1.54) is 19.4 Å². The van der Waals surface area contributed by atoms with Gasteiger partial charge in [-0.2, -0.15) is 12.8 Å². The molecule has 0 radical (unpaired) electrons. The Bertz CT molecular complexity index is 548. The second-order valence-electron chi connectivity index (χ2n) is 2.63. The number of carbonyl (C=O) groups is 1. The van der Waals surface area contributed by atoms with Gasteiger partial charge in [-0.05, 0) is 0 Å². The normalized spacial score (nSPS) is 15.0. The lowest BCUT2D eigenvalue weighted by Gasteiger charge is -1.76. The van der Waals surface area contributed by atoms with Crippen molar-refractivity contribution in [3.05, 3.63) is 23.2 Å². The topological polar surface area (TPSA) is 115 Å². The van der Waals surface area contributed by atoms with Gasteiger partial charge in [0.15, 0.2) is 0 Å². The summed E-state index contributed by atoms with van der Waals surface area (Å²) in [6.07, 6.45) is 2.65. The fraction of sp³-hybridized carbons (Fsp3) is 0.143. The minimum atomic E-state index is -3.41. The number of hydrogen-bond donors (Lipinski definition) is 1. The number of carbonyl (C=O) groups excluding carboxylic acids is 1. The fourth-order valence-corrected chi connectivity index (χ4v) is 1.73. The van der Waals surface area contributed by atoms with Crippen molar-refractivity contribution in [1.29, 1.82) is 0 Å². The van der Waals surface area contributed by atoms with Crippen molar-refractivity contribution < 1.29 is 13.2 Å². The Kier molecular flexibility index (Phi) is 3.10. The molecule has 2 rings (SSSR count). The zero-order valence-electron chi connectivity index (χ0n) is 7.78. The number of rotatable bonds is 0. The van der Waals surface area contributed by atoms with Gasteiger partial charge in [0, 0.05) is 6.92 Å². The van der Waals surface area contributed by atoms with Gasteiger partial charge in [-0.15, -0.1) is 0 Å². The molecule has 0 saturated heterocycles. The summed E-state index contributed by atoms with van der Waals surface area (Å²) in [5.74, 6) is -0.333. The quantitative estimate of drug-likeness (QED) is 0.534. The number of nitrogens with two attached hydrogens (primary N) is 1.